The van der Waals surface area contributed by atoms with Crippen molar-refractivity contribution in [3.05, 3.63) is 71.8 Å². The Balaban J connectivity index is 3.61. The first-order chi connectivity index (χ1) is 12.3. The molecule has 1 atom stereocenters. The fourth-order valence-electron chi connectivity index (χ4n) is 2.90. The molecule has 0 saturated carbocycles. The van der Waals surface area contributed by atoms with Gasteiger partial charge in [0.2, 0.25) is 0 Å². The molecule has 0 spiro atoms. The Labute approximate surface area is 151 Å². The first kappa shape index (κ1) is 20.9. The minimum absolute atomic E-state index is 0.183. The van der Waals surface area contributed by atoms with Gasteiger partial charge in [0, 0.05) is 0 Å². The summed E-state index contributed by atoms with van der Waals surface area (Å²) < 4.78 is 0. The van der Waals surface area contributed by atoms with Gasteiger partial charge in [-0.05, 0) is 48.4 Å². The van der Waals surface area contributed by atoms with Gasteiger partial charge in [0.1, 0.15) is 0 Å². The summed E-state index contributed by atoms with van der Waals surface area (Å²) in [4.78, 5) is 34.4. The van der Waals surface area contributed by atoms with E-state index >= 15 is 0 Å². The summed E-state index contributed by atoms with van der Waals surface area (Å²) in [6, 6.07) is 1.32. The molecule has 1 unspecified atom stereocenters. The molecule has 26 heavy (non-hydrogen) atoms. The Morgan fingerprint density at radius 3 is 1.96 bits per heavy atom. The van der Waals surface area contributed by atoms with E-state index in [1.54, 1.807) is 6.08 Å². The quantitative estimate of drug-likeness (QED) is 0.523. The summed E-state index contributed by atoms with van der Waals surface area (Å²) in [5.41, 5.74) is 1.03. The number of carbonyl (C=O) groups is 3. The molecule has 3 N–H and O–H groups in total. The topological polar surface area (TPSA) is 112 Å². The molecule has 0 aliphatic carbocycles. The van der Waals surface area contributed by atoms with Gasteiger partial charge < -0.3 is 15.3 Å². The molecule has 0 fully saturated rings. The molecular weight excluding hydrogens is 336 g/mol. The Kier molecular flexibility index (Phi) is 7.52. The lowest BCUT2D eigenvalue weighted by molar-refractivity contribution is -0.140. The molecule has 0 amide bonds. The summed E-state index contributed by atoms with van der Waals surface area (Å²) in [5.74, 6) is -4.47. The second-order valence-electron chi connectivity index (χ2n) is 5.73. The third-order valence-corrected chi connectivity index (χ3v) is 4.11. The third kappa shape index (κ3) is 4.69. The highest BCUT2D eigenvalue weighted by molar-refractivity contribution is 6.03. The molecule has 138 valence electrons. The summed E-state index contributed by atoms with van der Waals surface area (Å²) in [5, 5.41) is 28.1. The number of carboxylic acid groups (broad SMARTS) is 3. The van der Waals surface area contributed by atoms with Crippen LogP contribution >= 0.6 is 0 Å². The number of hydrogen-bond donors (Lipinski definition) is 3. The summed E-state index contributed by atoms with van der Waals surface area (Å²) in [6.45, 7) is 10.8. The van der Waals surface area contributed by atoms with Crippen LogP contribution in [0.2, 0.25) is 0 Å². The minimum Gasteiger partial charge on any atom is -0.481 e. The molecular formula is C20H22O6. The maximum atomic E-state index is 11.7. The van der Waals surface area contributed by atoms with E-state index in [4.69, 9.17) is 5.11 Å². The normalized spacial score (nSPS) is 11.4. The first-order valence-electron chi connectivity index (χ1n) is 7.99. The van der Waals surface area contributed by atoms with E-state index in [1.165, 1.54) is 18.2 Å². The minimum atomic E-state index is -1.35. The van der Waals surface area contributed by atoms with Crippen molar-refractivity contribution in [3.63, 3.8) is 0 Å². The molecule has 0 bridgehead atoms. The van der Waals surface area contributed by atoms with E-state index in [0.717, 1.165) is 0 Å². The van der Waals surface area contributed by atoms with Crippen LogP contribution in [0.4, 0.5) is 0 Å². The van der Waals surface area contributed by atoms with Gasteiger partial charge in [0.25, 0.3) is 0 Å². The van der Waals surface area contributed by atoms with Gasteiger partial charge in [0.15, 0.2) is 0 Å². The molecule has 1 aromatic rings. The van der Waals surface area contributed by atoms with Crippen molar-refractivity contribution in [1.82, 2.24) is 0 Å². The smallest absolute Gasteiger partial charge is 0.336 e. The van der Waals surface area contributed by atoms with E-state index in [9.17, 15) is 24.6 Å². The SMILES string of the molecule is C=CCc1c(CCC(C=C)C(=O)O)cc(C(=O)O)c(C(=O)O)c1CC=C. The van der Waals surface area contributed by atoms with Gasteiger partial charge in [0.05, 0.1) is 17.0 Å². The average Bonchev–Trinajstić information content (AvgIpc) is 2.56. The van der Waals surface area contributed by atoms with Gasteiger partial charge >= 0.3 is 17.9 Å². The van der Waals surface area contributed by atoms with Crippen molar-refractivity contribution in [2.24, 2.45) is 5.92 Å². The lowest BCUT2D eigenvalue weighted by atomic mass is 9.85. The van der Waals surface area contributed by atoms with E-state index < -0.39 is 23.8 Å². The number of benzene rings is 1. The Bertz CT molecular complexity index is 760. The number of aromatic carboxylic acids is 2. The van der Waals surface area contributed by atoms with Gasteiger partial charge in [-0.1, -0.05) is 18.2 Å². The van der Waals surface area contributed by atoms with E-state index in [2.05, 4.69) is 19.7 Å². The van der Waals surface area contributed by atoms with Crippen LogP contribution in [0.25, 0.3) is 0 Å². The number of aliphatic carboxylic acids is 1. The Morgan fingerprint density at radius 2 is 1.54 bits per heavy atom. The van der Waals surface area contributed by atoms with Crippen molar-refractivity contribution < 1.29 is 29.7 Å². The van der Waals surface area contributed by atoms with Gasteiger partial charge in [-0.2, -0.15) is 0 Å². The zero-order valence-corrected chi connectivity index (χ0v) is 14.4. The van der Waals surface area contributed by atoms with E-state index in [0.29, 0.717) is 23.1 Å². The van der Waals surface area contributed by atoms with Gasteiger partial charge in [-0.3, -0.25) is 4.79 Å². The van der Waals surface area contributed by atoms with Crippen LogP contribution in [-0.4, -0.2) is 33.2 Å². The monoisotopic (exact) mass is 358 g/mol. The first-order valence-corrected chi connectivity index (χ1v) is 7.99. The number of allylic oxidation sites excluding steroid dienone is 2. The molecule has 1 rings (SSSR count). The average molecular weight is 358 g/mol. The maximum Gasteiger partial charge on any atom is 0.336 e. The van der Waals surface area contributed by atoms with Crippen LogP contribution in [-0.2, 0) is 24.1 Å². The molecule has 0 saturated heterocycles. The van der Waals surface area contributed by atoms with Gasteiger partial charge in [-0.25, -0.2) is 9.59 Å². The molecule has 0 radical (unpaired) electrons. The highest BCUT2D eigenvalue weighted by Gasteiger charge is 2.25. The predicted octanol–water partition coefficient (Wildman–Crippen LogP) is 3.36. The molecule has 0 aromatic heterocycles. The molecule has 0 heterocycles. The van der Waals surface area contributed by atoms with Crippen LogP contribution in [0.3, 0.4) is 0 Å². The summed E-state index contributed by atoms with van der Waals surface area (Å²) in [6.07, 6.45) is 5.45. The number of rotatable bonds is 11. The number of carboxylic acids is 3. The highest BCUT2D eigenvalue weighted by atomic mass is 16.4. The maximum absolute atomic E-state index is 11.7. The fraction of sp³-hybridized carbons (Fsp3) is 0.250. The zero-order valence-electron chi connectivity index (χ0n) is 14.4. The van der Waals surface area contributed by atoms with E-state index in [-0.39, 0.29) is 30.4 Å². The largest absolute Gasteiger partial charge is 0.481 e. The van der Waals surface area contributed by atoms with Crippen LogP contribution in [0.15, 0.2) is 44.0 Å². The molecule has 6 heteroatoms. The van der Waals surface area contributed by atoms with Crippen molar-refractivity contribution >= 4 is 17.9 Å². The van der Waals surface area contributed by atoms with Crippen molar-refractivity contribution in [2.45, 2.75) is 25.7 Å². The van der Waals surface area contributed by atoms with Crippen LogP contribution in [0.1, 0.15) is 43.8 Å². The van der Waals surface area contributed by atoms with Crippen LogP contribution in [0, 0.1) is 5.92 Å². The third-order valence-electron chi connectivity index (χ3n) is 4.11. The summed E-state index contributed by atoms with van der Waals surface area (Å²) >= 11 is 0. The van der Waals surface area contributed by atoms with Crippen LogP contribution in [0.5, 0.6) is 0 Å². The number of aryl methyl sites for hydroxylation is 1. The Hall–Kier alpha value is -3.15. The van der Waals surface area contributed by atoms with Crippen molar-refractivity contribution in [3.8, 4) is 0 Å². The van der Waals surface area contributed by atoms with E-state index in [1.807, 2.05) is 0 Å². The Morgan fingerprint density at radius 1 is 0.962 bits per heavy atom. The zero-order chi connectivity index (χ0) is 19.9. The fourth-order valence-corrected chi connectivity index (χ4v) is 2.90. The number of hydrogen-bond acceptors (Lipinski definition) is 3. The second-order valence-corrected chi connectivity index (χ2v) is 5.73. The lowest BCUT2D eigenvalue weighted by Crippen LogP contribution is -2.17. The molecule has 0 aliphatic rings. The lowest BCUT2D eigenvalue weighted by Gasteiger charge is -2.19. The highest BCUT2D eigenvalue weighted by Crippen LogP contribution is 2.28. The molecule has 1 aromatic carbocycles. The molecule has 6 nitrogen and oxygen atoms in total. The van der Waals surface area contributed by atoms with Crippen LogP contribution < -0.4 is 0 Å². The summed E-state index contributed by atoms with van der Waals surface area (Å²) in [7, 11) is 0. The van der Waals surface area contributed by atoms with Crippen molar-refractivity contribution in [2.75, 3.05) is 0 Å². The molecule has 0 aliphatic heterocycles. The standard InChI is InChI=1S/C20H22O6/c1-4-7-14-13(10-9-12(6-3)18(21)22)11-16(19(23)24)17(20(25)26)15(14)8-5-2/h4-6,11-12H,1-3,7-10H2,(H,21,22)(H,23,24)(H,25,26). The second kappa shape index (κ2) is 9.36. The predicted molar refractivity (Wildman–Crippen MR) is 97.8 cm³/mol. The van der Waals surface area contributed by atoms with Crippen molar-refractivity contribution in [1.29, 1.82) is 0 Å². The van der Waals surface area contributed by atoms with Gasteiger partial charge in [-0.15, -0.1) is 19.7 Å².